The summed E-state index contributed by atoms with van der Waals surface area (Å²) in [6.45, 7) is 0.393. The number of anilines is 1. The first kappa shape index (κ1) is 21.7. The van der Waals surface area contributed by atoms with Gasteiger partial charge in [-0.15, -0.1) is 0 Å². The molecule has 0 amide bonds. The van der Waals surface area contributed by atoms with E-state index < -0.39 is 11.9 Å². The number of benzene rings is 3. The molecule has 0 aromatic heterocycles. The summed E-state index contributed by atoms with van der Waals surface area (Å²) >= 11 is 6.36. The summed E-state index contributed by atoms with van der Waals surface area (Å²) in [5.41, 5.74) is 2.23. The summed E-state index contributed by atoms with van der Waals surface area (Å²) in [4.78, 5) is 0. The lowest BCUT2D eigenvalue weighted by Crippen LogP contribution is -2.09. The summed E-state index contributed by atoms with van der Waals surface area (Å²) < 4.78 is 29.9. The van der Waals surface area contributed by atoms with Gasteiger partial charge in [-0.25, -0.2) is 4.39 Å². The van der Waals surface area contributed by atoms with Crippen LogP contribution in [-0.4, -0.2) is 26.4 Å². The Morgan fingerprint density at radius 3 is 2.40 bits per heavy atom. The van der Waals surface area contributed by atoms with Gasteiger partial charge in [0, 0.05) is 35.0 Å². The van der Waals surface area contributed by atoms with Crippen LogP contribution in [0.3, 0.4) is 0 Å². The van der Waals surface area contributed by atoms with E-state index in [9.17, 15) is 9.50 Å². The Morgan fingerprint density at radius 1 is 0.933 bits per heavy atom. The van der Waals surface area contributed by atoms with Gasteiger partial charge in [0.05, 0.1) is 26.4 Å². The zero-order chi connectivity index (χ0) is 21.7. The maximum Gasteiger partial charge on any atom is 0.137 e. The van der Waals surface area contributed by atoms with E-state index in [1.54, 1.807) is 44.6 Å². The van der Waals surface area contributed by atoms with E-state index in [0.717, 1.165) is 5.56 Å². The van der Waals surface area contributed by atoms with Crippen LogP contribution in [0.25, 0.3) is 0 Å². The zero-order valence-corrected chi connectivity index (χ0v) is 17.7. The van der Waals surface area contributed by atoms with E-state index in [2.05, 4.69) is 5.32 Å². The van der Waals surface area contributed by atoms with Gasteiger partial charge in [-0.1, -0.05) is 23.7 Å². The fourth-order valence-corrected chi connectivity index (χ4v) is 3.48. The van der Waals surface area contributed by atoms with Crippen molar-refractivity contribution in [2.75, 3.05) is 26.6 Å². The number of methoxy groups -OCH3 is 3. The molecule has 3 aromatic carbocycles. The number of rotatable bonds is 8. The highest BCUT2D eigenvalue weighted by Gasteiger charge is 2.20. The predicted molar refractivity (Wildman–Crippen MR) is 115 cm³/mol. The molecule has 3 aromatic rings. The smallest absolute Gasteiger partial charge is 0.137 e. The van der Waals surface area contributed by atoms with Crippen LogP contribution in [0.2, 0.25) is 5.02 Å². The molecule has 0 aliphatic rings. The fraction of sp³-hybridized carbons (Fsp3) is 0.217. The SMILES string of the molecule is COc1ccc(CNc2ccc(F)cc2C(O)c2cccc(OC)c2Cl)c(OC)c1. The minimum Gasteiger partial charge on any atom is -0.497 e. The molecule has 0 aliphatic heterocycles. The van der Waals surface area contributed by atoms with E-state index in [0.29, 0.717) is 40.6 Å². The van der Waals surface area contributed by atoms with Crippen molar-refractivity contribution in [3.05, 3.63) is 82.1 Å². The van der Waals surface area contributed by atoms with E-state index in [1.165, 1.54) is 19.2 Å². The van der Waals surface area contributed by atoms with Crippen molar-refractivity contribution >= 4 is 17.3 Å². The largest absolute Gasteiger partial charge is 0.497 e. The monoisotopic (exact) mass is 431 g/mol. The molecular weight excluding hydrogens is 409 g/mol. The Labute approximate surface area is 180 Å². The molecule has 7 heteroatoms. The van der Waals surface area contributed by atoms with Crippen LogP contribution in [-0.2, 0) is 6.54 Å². The molecule has 0 heterocycles. The summed E-state index contributed by atoms with van der Waals surface area (Å²) in [6, 6.07) is 14.8. The van der Waals surface area contributed by atoms with Crippen LogP contribution in [0.1, 0.15) is 22.8 Å². The Balaban J connectivity index is 1.91. The Kier molecular flexibility index (Phi) is 7.03. The second-order valence-electron chi connectivity index (χ2n) is 6.53. The molecule has 2 N–H and O–H groups in total. The van der Waals surface area contributed by atoms with E-state index in [1.807, 2.05) is 12.1 Å². The molecule has 1 unspecified atom stereocenters. The summed E-state index contributed by atoms with van der Waals surface area (Å²) in [5.74, 6) is 1.31. The normalized spacial score (nSPS) is 11.7. The molecular formula is C23H23ClFNO4. The zero-order valence-electron chi connectivity index (χ0n) is 16.9. The molecule has 0 saturated carbocycles. The summed E-state index contributed by atoms with van der Waals surface area (Å²) in [5, 5.41) is 14.5. The van der Waals surface area contributed by atoms with Gasteiger partial charge in [0.15, 0.2) is 0 Å². The maximum atomic E-state index is 14.0. The number of hydrogen-bond acceptors (Lipinski definition) is 5. The van der Waals surface area contributed by atoms with Gasteiger partial charge in [0.2, 0.25) is 0 Å². The third-order valence-electron chi connectivity index (χ3n) is 4.78. The first-order valence-electron chi connectivity index (χ1n) is 9.23. The van der Waals surface area contributed by atoms with Gasteiger partial charge in [-0.2, -0.15) is 0 Å². The second kappa shape index (κ2) is 9.69. The highest BCUT2D eigenvalue weighted by Crippen LogP contribution is 2.37. The molecule has 0 aliphatic carbocycles. The maximum absolute atomic E-state index is 14.0. The number of aliphatic hydroxyl groups excluding tert-OH is 1. The lowest BCUT2D eigenvalue weighted by atomic mass is 9.99. The van der Waals surface area contributed by atoms with Gasteiger partial charge in [-0.05, 0) is 36.4 Å². The summed E-state index contributed by atoms with van der Waals surface area (Å²) in [7, 11) is 4.66. The number of aliphatic hydroxyl groups is 1. The van der Waals surface area contributed by atoms with Crippen molar-refractivity contribution in [2.24, 2.45) is 0 Å². The van der Waals surface area contributed by atoms with Crippen LogP contribution in [0.5, 0.6) is 17.2 Å². The van der Waals surface area contributed by atoms with Crippen molar-refractivity contribution in [1.29, 1.82) is 0 Å². The number of ether oxygens (including phenoxy) is 3. The molecule has 1 atom stereocenters. The first-order valence-corrected chi connectivity index (χ1v) is 9.61. The molecule has 0 bridgehead atoms. The van der Waals surface area contributed by atoms with Crippen molar-refractivity contribution in [2.45, 2.75) is 12.6 Å². The topological polar surface area (TPSA) is 60.0 Å². The van der Waals surface area contributed by atoms with Gasteiger partial charge >= 0.3 is 0 Å². The first-order chi connectivity index (χ1) is 14.5. The Hall–Kier alpha value is -2.96. The Bertz CT molecular complexity index is 1030. The quantitative estimate of drug-likeness (QED) is 0.513. The van der Waals surface area contributed by atoms with Crippen LogP contribution in [0.15, 0.2) is 54.6 Å². The predicted octanol–water partition coefficient (Wildman–Crippen LogP) is 5.20. The van der Waals surface area contributed by atoms with Gasteiger partial charge in [0.1, 0.15) is 29.2 Å². The van der Waals surface area contributed by atoms with E-state index >= 15 is 0 Å². The average molecular weight is 432 g/mol. The van der Waals surface area contributed by atoms with E-state index in [4.69, 9.17) is 25.8 Å². The molecule has 0 fully saturated rings. The molecule has 0 radical (unpaired) electrons. The molecule has 5 nitrogen and oxygen atoms in total. The Morgan fingerprint density at radius 2 is 1.70 bits per heavy atom. The molecule has 0 spiro atoms. The standard InChI is InChI=1S/C23H23ClFNO4/c1-28-16-9-7-14(21(12-16)30-3)13-26-19-10-8-15(25)11-18(19)23(27)17-5-4-6-20(29-2)22(17)24/h4-12,23,26-27H,13H2,1-3H3. The minimum atomic E-state index is -1.15. The molecule has 0 saturated heterocycles. The second-order valence-corrected chi connectivity index (χ2v) is 6.91. The minimum absolute atomic E-state index is 0.277. The highest BCUT2D eigenvalue weighted by atomic mass is 35.5. The van der Waals surface area contributed by atoms with Gasteiger partial charge < -0.3 is 24.6 Å². The van der Waals surface area contributed by atoms with Crippen LogP contribution >= 0.6 is 11.6 Å². The van der Waals surface area contributed by atoms with Crippen molar-refractivity contribution in [3.63, 3.8) is 0 Å². The lowest BCUT2D eigenvalue weighted by Gasteiger charge is -2.20. The van der Waals surface area contributed by atoms with Crippen molar-refractivity contribution in [1.82, 2.24) is 0 Å². The van der Waals surface area contributed by atoms with Gasteiger partial charge in [-0.3, -0.25) is 0 Å². The average Bonchev–Trinajstić information content (AvgIpc) is 2.77. The van der Waals surface area contributed by atoms with E-state index in [-0.39, 0.29) is 5.02 Å². The number of nitrogens with one attached hydrogen (secondary N) is 1. The molecule has 3 rings (SSSR count). The van der Waals surface area contributed by atoms with Crippen molar-refractivity contribution < 1.29 is 23.7 Å². The third-order valence-corrected chi connectivity index (χ3v) is 5.18. The van der Waals surface area contributed by atoms with Crippen LogP contribution in [0.4, 0.5) is 10.1 Å². The molecule has 158 valence electrons. The van der Waals surface area contributed by atoms with Crippen molar-refractivity contribution in [3.8, 4) is 17.2 Å². The highest BCUT2D eigenvalue weighted by molar-refractivity contribution is 6.32. The molecule has 30 heavy (non-hydrogen) atoms. The third kappa shape index (κ3) is 4.61. The number of halogens is 2. The fourth-order valence-electron chi connectivity index (χ4n) is 3.17. The van der Waals surface area contributed by atoms with Crippen LogP contribution < -0.4 is 19.5 Å². The van der Waals surface area contributed by atoms with Crippen LogP contribution in [0, 0.1) is 5.82 Å². The van der Waals surface area contributed by atoms with Gasteiger partial charge in [0.25, 0.3) is 0 Å². The summed E-state index contributed by atoms with van der Waals surface area (Å²) in [6.07, 6.45) is -1.15. The number of hydrogen-bond donors (Lipinski definition) is 2. The lowest BCUT2D eigenvalue weighted by molar-refractivity contribution is 0.220.